The molecule has 1 aromatic carbocycles. The number of aromatic hydroxyl groups is 1. The number of rotatable bonds is 0. The number of hydrogen-bond donors (Lipinski definition) is 1. The molecular weight excluding hydrogens is 299 g/mol. The predicted molar refractivity (Wildman–Crippen MR) is 53.1 cm³/mol. The van der Waals surface area contributed by atoms with Crippen molar-refractivity contribution in [2.45, 2.75) is 6.18 Å². The fourth-order valence-corrected chi connectivity index (χ4v) is 1.83. The van der Waals surface area contributed by atoms with E-state index in [0.29, 0.717) is 0 Å². The summed E-state index contributed by atoms with van der Waals surface area (Å²) in [4.78, 5) is 0. The second kappa shape index (κ2) is 4.09. The minimum absolute atomic E-state index is 0.422. The number of alkyl halides is 3. The third kappa shape index (κ3) is 2.23. The molecule has 0 unspecified atom stereocenters. The Balaban J connectivity index is 3.68. The van der Waals surface area contributed by atoms with Crippen LogP contribution in [-0.4, -0.2) is 5.11 Å². The zero-order valence-electron chi connectivity index (χ0n) is 6.59. The van der Waals surface area contributed by atoms with Gasteiger partial charge in [0.05, 0.1) is 15.1 Å². The van der Waals surface area contributed by atoms with Crippen LogP contribution in [0.3, 0.4) is 0 Å². The molecule has 1 aromatic rings. The average molecular weight is 300 g/mol. The molecule has 1 rings (SSSR count). The molecule has 8 heteroatoms. The zero-order valence-corrected chi connectivity index (χ0v) is 9.62. The quantitative estimate of drug-likeness (QED) is 0.526. The van der Waals surface area contributed by atoms with Crippen LogP contribution in [0, 0.1) is 0 Å². The summed E-state index contributed by atoms with van der Waals surface area (Å²) in [6.45, 7) is 0. The molecule has 0 fully saturated rings. The monoisotopic (exact) mass is 298 g/mol. The van der Waals surface area contributed by atoms with Crippen LogP contribution in [-0.2, 0) is 6.18 Å². The van der Waals surface area contributed by atoms with E-state index in [1.165, 1.54) is 0 Å². The average Bonchev–Trinajstić information content (AvgIpc) is 2.09. The maximum Gasteiger partial charge on any atom is 0.421 e. The van der Waals surface area contributed by atoms with E-state index >= 15 is 0 Å². The van der Waals surface area contributed by atoms with Gasteiger partial charge in [-0.2, -0.15) is 13.2 Å². The van der Waals surface area contributed by atoms with Crippen molar-refractivity contribution in [3.63, 3.8) is 0 Å². The van der Waals surface area contributed by atoms with Gasteiger partial charge in [-0.1, -0.05) is 46.4 Å². The first-order chi connectivity index (χ1) is 6.68. The largest absolute Gasteiger partial charge is 0.506 e. The fraction of sp³-hybridized carbons (Fsp3) is 0.143. The summed E-state index contributed by atoms with van der Waals surface area (Å²) in [6.07, 6.45) is -4.86. The summed E-state index contributed by atoms with van der Waals surface area (Å²) in [5, 5.41) is 6.61. The van der Waals surface area contributed by atoms with Crippen molar-refractivity contribution in [2.75, 3.05) is 0 Å². The van der Waals surface area contributed by atoms with Crippen LogP contribution in [0.15, 0.2) is 0 Å². The SMILES string of the molecule is Oc1c(Cl)c(Cl)c(Cl)c(Cl)c1C(F)(F)F. The number of benzene rings is 1. The van der Waals surface area contributed by atoms with Crippen molar-refractivity contribution in [1.29, 1.82) is 0 Å². The van der Waals surface area contributed by atoms with E-state index in [4.69, 9.17) is 51.5 Å². The summed E-state index contributed by atoms with van der Waals surface area (Å²) in [6, 6.07) is 0. The number of halogens is 7. The van der Waals surface area contributed by atoms with Crippen molar-refractivity contribution < 1.29 is 18.3 Å². The number of phenolic OH excluding ortho intramolecular Hbond substituents is 1. The summed E-state index contributed by atoms with van der Waals surface area (Å²) in [5.41, 5.74) is -1.50. The third-order valence-corrected chi connectivity index (χ3v) is 3.32. The van der Waals surface area contributed by atoms with Gasteiger partial charge < -0.3 is 5.11 Å². The van der Waals surface area contributed by atoms with Crippen LogP contribution in [0.2, 0.25) is 20.1 Å². The van der Waals surface area contributed by atoms with Gasteiger partial charge in [-0.3, -0.25) is 0 Å². The van der Waals surface area contributed by atoms with Gasteiger partial charge >= 0.3 is 6.18 Å². The van der Waals surface area contributed by atoms with Gasteiger partial charge in [0.15, 0.2) is 0 Å². The Morgan fingerprint density at radius 2 is 1.20 bits per heavy atom. The lowest BCUT2D eigenvalue weighted by Gasteiger charge is -2.14. The van der Waals surface area contributed by atoms with Gasteiger partial charge in [-0.25, -0.2) is 0 Å². The molecule has 84 valence electrons. The second-order valence-corrected chi connectivity index (χ2v) is 3.99. The Kier molecular flexibility index (Phi) is 3.55. The van der Waals surface area contributed by atoms with Gasteiger partial charge in [0, 0.05) is 0 Å². The molecule has 0 radical (unpaired) electrons. The van der Waals surface area contributed by atoms with Gasteiger partial charge in [0.25, 0.3) is 0 Å². The van der Waals surface area contributed by atoms with Crippen LogP contribution < -0.4 is 0 Å². The molecule has 15 heavy (non-hydrogen) atoms. The molecule has 1 nitrogen and oxygen atoms in total. The molecule has 0 atom stereocenters. The Bertz CT molecular complexity index is 387. The smallest absolute Gasteiger partial charge is 0.421 e. The summed E-state index contributed by atoms with van der Waals surface area (Å²) >= 11 is 21.5. The first kappa shape index (κ1) is 13.0. The Morgan fingerprint density at radius 1 is 0.800 bits per heavy atom. The van der Waals surface area contributed by atoms with Crippen LogP contribution in [0.4, 0.5) is 13.2 Å². The first-order valence-corrected chi connectivity index (χ1v) is 4.81. The van der Waals surface area contributed by atoms with Gasteiger partial charge in [-0.15, -0.1) is 0 Å². The number of hydrogen-bond acceptors (Lipinski definition) is 1. The molecule has 0 aliphatic carbocycles. The van der Waals surface area contributed by atoms with Crippen LogP contribution >= 0.6 is 46.4 Å². The highest BCUT2D eigenvalue weighted by Crippen LogP contribution is 2.50. The molecule has 0 aliphatic heterocycles. The predicted octanol–water partition coefficient (Wildman–Crippen LogP) is 5.02. The molecule has 1 N–H and O–H groups in total. The van der Waals surface area contributed by atoms with Crippen molar-refractivity contribution in [2.24, 2.45) is 0 Å². The molecule has 0 heterocycles. The van der Waals surface area contributed by atoms with E-state index in [2.05, 4.69) is 0 Å². The molecule has 0 aromatic heterocycles. The van der Waals surface area contributed by atoms with Crippen molar-refractivity contribution in [1.82, 2.24) is 0 Å². The highest BCUT2D eigenvalue weighted by atomic mass is 35.5. The highest BCUT2D eigenvalue weighted by Gasteiger charge is 2.39. The van der Waals surface area contributed by atoms with E-state index in [0.717, 1.165) is 0 Å². The maximum atomic E-state index is 12.4. The maximum absolute atomic E-state index is 12.4. The lowest BCUT2D eigenvalue weighted by Crippen LogP contribution is -2.07. The second-order valence-electron chi connectivity index (χ2n) is 2.48. The summed E-state index contributed by atoms with van der Waals surface area (Å²) < 4.78 is 37.2. The zero-order chi connectivity index (χ0) is 12.0. The standard InChI is InChI=1S/C7HCl4F3O/c8-2-1(7(12,13)14)6(15)5(11)4(10)3(2)9/h15H. The molecule has 0 bridgehead atoms. The number of phenols is 1. The molecule has 0 saturated heterocycles. The van der Waals surface area contributed by atoms with E-state index in [1.54, 1.807) is 0 Å². The molecule has 0 amide bonds. The van der Waals surface area contributed by atoms with Crippen LogP contribution in [0.1, 0.15) is 5.56 Å². The van der Waals surface area contributed by atoms with E-state index in [-0.39, 0.29) is 0 Å². The normalized spacial score (nSPS) is 11.9. The van der Waals surface area contributed by atoms with Crippen molar-refractivity contribution in [3.05, 3.63) is 25.7 Å². The van der Waals surface area contributed by atoms with Crippen LogP contribution in [0.5, 0.6) is 5.75 Å². The van der Waals surface area contributed by atoms with E-state index in [1.807, 2.05) is 0 Å². The minimum Gasteiger partial charge on any atom is -0.506 e. The van der Waals surface area contributed by atoms with Crippen LogP contribution in [0.25, 0.3) is 0 Å². The summed E-state index contributed by atoms with van der Waals surface area (Å²) in [5.74, 6) is -1.23. The highest BCUT2D eigenvalue weighted by molar-refractivity contribution is 6.52. The van der Waals surface area contributed by atoms with Crippen molar-refractivity contribution in [3.8, 4) is 5.75 Å². The Labute approximate surface area is 102 Å². The van der Waals surface area contributed by atoms with Crippen molar-refractivity contribution >= 4 is 46.4 Å². The van der Waals surface area contributed by atoms with Gasteiger partial charge in [-0.05, 0) is 0 Å². The lowest BCUT2D eigenvalue weighted by molar-refractivity contribution is -0.138. The fourth-order valence-electron chi connectivity index (χ4n) is 0.879. The Morgan fingerprint density at radius 3 is 1.60 bits per heavy atom. The first-order valence-electron chi connectivity index (χ1n) is 3.30. The van der Waals surface area contributed by atoms with E-state index < -0.39 is 37.6 Å². The minimum atomic E-state index is -4.86. The molecular formula is C7HCl4F3O. The Hall–Kier alpha value is -0.0300. The van der Waals surface area contributed by atoms with Gasteiger partial charge in [0.2, 0.25) is 0 Å². The molecule has 0 aliphatic rings. The van der Waals surface area contributed by atoms with E-state index in [9.17, 15) is 13.2 Å². The topological polar surface area (TPSA) is 20.2 Å². The lowest BCUT2D eigenvalue weighted by atomic mass is 10.2. The van der Waals surface area contributed by atoms with Gasteiger partial charge in [0.1, 0.15) is 16.3 Å². The third-order valence-electron chi connectivity index (χ3n) is 1.53. The molecule has 0 spiro atoms. The summed E-state index contributed by atoms with van der Waals surface area (Å²) in [7, 11) is 0. The molecule has 0 saturated carbocycles.